The van der Waals surface area contributed by atoms with Crippen LogP contribution in [0.2, 0.25) is 0 Å². The van der Waals surface area contributed by atoms with Gasteiger partial charge in [-0.15, -0.1) is 12.4 Å². The van der Waals surface area contributed by atoms with Crippen LogP contribution in [0, 0.1) is 11.6 Å². The van der Waals surface area contributed by atoms with Crippen molar-refractivity contribution in [1.82, 2.24) is 0 Å². The summed E-state index contributed by atoms with van der Waals surface area (Å²) in [6.07, 6.45) is 0. The molecule has 0 bridgehead atoms. The van der Waals surface area contributed by atoms with E-state index < -0.39 is 17.7 Å². The first-order chi connectivity index (χ1) is 5.65. The lowest BCUT2D eigenvalue weighted by molar-refractivity contribution is 0.265. The summed E-state index contributed by atoms with van der Waals surface area (Å²) in [5.41, 5.74) is 5.46. The predicted octanol–water partition coefficient (Wildman–Crippen LogP) is 1.38. The molecule has 0 saturated heterocycles. The van der Waals surface area contributed by atoms with Crippen molar-refractivity contribution in [3.8, 4) is 0 Å². The lowest BCUT2D eigenvalue weighted by Gasteiger charge is -2.08. The third-order valence-corrected chi connectivity index (χ3v) is 1.56. The topological polar surface area (TPSA) is 46.2 Å². The Morgan fingerprint density at radius 1 is 1.38 bits per heavy atom. The van der Waals surface area contributed by atoms with E-state index in [1.807, 2.05) is 0 Å². The molecule has 5 heteroatoms. The third-order valence-electron chi connectivity index (χ3n) is 1.56. The molecular formula is C8H10ClF2NO. The van der Waals surface area contributed by atoms with Gasteiger partial charge >= 0.3 is 0 Å². The average Bonchev–Trinajstić information content (AvgIpc) is 2.03. The third kappa shape index (κ3) is 2.91. The SMILES string of the molecule is Cl.N[C@H](CO)c1ccc(F)cc1F. The molecule has 13 heavy (non-hydrogen) atoms. The zero-order chi connectivity index (χ0) is 9.14. The standard InChI is InChI=1S/C8H9F2NO.ClH/c9-5-1-2-6(7(10)3-5)8(11)4-12;/h1-3,8,12H,4,11H2;1H/t8-;/m1./s1. The molecule has 74 valence electrons. The van der Waals surface area contributed by atoms with Crippen LogP contribution in [-0.2, 0) is 0 Å². The Morgan fingerprint density at radius 3 is 2.46 bits per heavy atom. The van der Waals surface area contributed by atoms with Crippen molar-refractivity contribution in [3.05, 3.63) is 35.4 Å². The van der Waals surface area contributed by atoms with E-state index in [9.17, 15) is 8.78 Å². The fourth-order valence-corrected chi connectivity index (χ4v) is 0.901. The van der Waals surface area contributed by atoms with Gasteiger partial charge in [0, 0.05) is 11.6 Å². The fourth-order valence-electron chi connectivity index (χ4n) is 0.901. The molecule has 0 aliphatic rings. The van der Waals surface area contributed by atoms with Gasteiger partial charge in [0.25, 0.3) is 0 Å². The fraction of sp³-hybridized carbons (Fsp3) is 0.250. The molecule has 0 unspecified atom stereocenters. The van der Waals surface area contributed by atoms with E-state index >= 15 is 0 Å². The molecule has 0 heterocycles. The number of hydrogen-bond donors (Lipinski definition) is 2. The minimum absolute atomic E-state index is 0. The molecule has 0 amide bonds. The van der Waals surface area contributed by atoms with Crippen LogP contribution >= 0.6 is 12.4 Å². The highest BCUT2D eigenvalue weighted by molar-refractivity contribution is 5.85. The summed E-state index contributed by atoms with van der Waals surface area (Å²) < 4.78 is 25.2. The number of aliphatic hydroxyl groups is 1. The zero-order valence-corrected chi connectivity index (χ0v) is 7.52. The van der Waals surface area contributed by atoms with Crippen LogP contribution in [0.1, 0.15) is 11.6 Å². The molecule has 0 aromatic heterocycles. The van der Waals surface area contributed by atoms with Gasteiger partial charge in [-0.2, -0.15) is 0 Å². The van der Waals surface area contributed by atoms with E-state index in [1.54, 1.807) is 0 Å². The number of aliphatic hydroxyl groups excluding tert-OH is 1. The monoisotopic (exact) mass is 209 g/mol. The van der Waals surface area contributed by atoms with Crippen LogP contribution in [0.15, 0.2) is 18.2 Å². The molecular weight excluding hydrogens is 200 g/mol. The maximum absolute atomic E-state index is 12.9. The summed E-state index contributed by atoms with van der Waals surface area (Å²) in [6.45, 7) is -0.359. The van der Waals surface area contributed by atoms with Crippen molar-refractivity contribution in [1.29, 1.82) is 0 Å². The Bertz CT molecular complexity index is 283. The first kappa shape index (κ1) is 12.3. The zero-order valence-electron chi connectivity index (χ0n) is 6.71. The summed E-state index contributed by atoms with van der Waals surface area (Å²) in [4.78, 5) is 0. The van der Waals surface area contributed by atoms with E-state index in [-0.39, 0.29) is 24.6 Å². The Kier molecular flexibility index (Phi) is 4.83. The van der Waals surface area contributed by atoms with Crippen LogP contribution in [0.5, 0.6) is 0 Å². The summed E-state index contributed by atoms with van der Waals surface area (Å²) >= 11 is 0. The van der Waals surface area contributed by atoms with Crippen LogP contribution in [0.4, 0.5) is 8.78 Å². The largest absolute Gasteiger partial charge is 0.394 e. The van der Waals surface area contributed by atoms with Crippen molar-refractivity contribution in [2.45, 2.75) is 6.04 Å². The quantitative estimate of drug-likeness (QED) is 0.773. The summed E-state index contributed by atoms with van der Waals surface area (Å²) in [5, 5.41) is 8.60. The second-order valence-electron chi connectivity index (χ2n) is 2.45. The molecule has 1 aromatic carbocycles. The van der Waals surface area contributed by atoms with Crippen molar-refractivity contribution >= 4 is 12.4 Å². The summed E-state index contributed by atoms with van der Waals surface area (Å²) in [5.74, 6) is -1.38. The first-order valence-electron chi connectivity index (χ1n) is 3.46. The molecule has 0 radical (unpaired) electrons. The van der Waals surface area contributed by atoms with Crippen LogP contribution < -0.4 is 5.73 Å². The second kappa shape index (κ2) is 5.11. The number of hydrogen-bond acceptors (Lipinski definition) is 2. The van der Waals surface area contributed by atoms with Gasteiger partial charge in [0.2, 0.25) is 0 Å². The Labute approximate surface area is 80.8 Å². The van der Waals surface area contributed by atoms with Gasteiger partial charge in [-0.1, -0.05) is 6.07 Å². The van der Waals surface area contributed by atoms with E-state index in [2.05, 4.69) is 0 Å². The molecule has 3 N–H and O–H groups in total. The van der Waals surface area contributed by atoms with E-state index in [1.165, 1.54) is 6.07 Å². The van der Waals surface area contributed by atoms with Gasteiger partial charge in [-0.3, -0.25) is 0 Å². The van der Waals surface area contributed by atoms with E-state index in [0.29, 0.717) is 0 Å². The summed E-state index contributed by atoms with van der Waals surface area (Å²) in [6, 6.07) is 2.29. The molecule has 1 rings (SSSR count). The molecule has 0 fully saturated rings. The smallest absolute Gasteiger partial charge is 0.130 e. The Hall–Kier alpha value is -0.710. The van der Waals surface area contributed by atoms with Crippen molar-refractivity contribution < 1.29 is 13.9 Å². The Morgan fingerprint density at radius 2 is 2.00 bits per heavy atom. The molecule has 0 saturated carbocycles. The molecule has 0 aliphatic heterocycles. The van der Waals surface area contributed by atoms with Gasteiger partial charge in [0.1, 0.15) is 11.6 Å². The van der Waals surface area contributed by atoms with Crippen LogP contribution in [0.3, 0.4) is 0 Å². The highest BCUT2D eigenvalue weighted by Crippen LogP contribution is 2.15. The molecule has 1 aromatic rings. The van der Waals surface area contributed by atoms with Gasteiger partial charge in [0.15, 0.2) is 0 Å². The number of nitrogens with two attached hydrogens (primary N) is 1. The minimum atomic E-state index is -0.786. The van der Waals surface area contributed by atoms with Crippen molar-refractivity contribution in [2.75, 3.05) is 6.61 Å². The highest BCUT2D eigenvalue weighted by atomic mass is 35.5. The van der Waals surface area contributed by atoms with Gasteiger partial charge in [-0.05, 0) is 6.07 Å². The van der Waals surface area contributed by atoms with Gasteiger partial charge in [-0.25, -0.2) is 8.78 Å². The highest BCUT2D eigenvalue weighted by Gasteiger charge is 2.10. The predicted molar refractivity (Wildman–Crippen MR) is 47.6 cm³/mol. The van der Waals surface area contributed by atoms with Gasteiger partial charge in [0.05, 0.1) is 12.6 Å². The molecule has 1 atom stereocenters. The number of benzene rings is 1. The summed E-state index contributed by atoms with van der Waals surface area (Å²) in [7, 11) is 0. The van der Waals surface area contributed by atoms with E-state index in [0.717, 1.165) is 12.1 Å². The first-order valence-corrected chi connectivity index (χ1v) is 3.46. The van der Waals surface area contributed by atoms with Crippen LogP contribution in [0.25, 0.3) is 0 Å². The maximum Gasteiger partial charge on any atom is 0.130 e. The molecule has 0 aliphatic carbocycles. The second-order valence-corrected chi connectivity index (χ2v) is 2.45. The normalized spacial score (nSPS) is 12.0. The van der Waals surface area contributed by atoms with E-state index in [4.69, 9.17) is 10.8 Å². The molecule has 0 spiro atoms. The minimum Gasteiger partial charge on any atom is -0.394 e. The van der Waals surface area contributed by atoms with Crippen LogP contribution in [-0.4, -0.2) is 11.7 Å². The lowest BCUT2D eigenvalue weighted by Crippen LogP contribution is -2.16. The van der Waals surface area contributed by atoms with Crippen molar-refractivity contribution in [3.63, 3.8) is 0 Å². The number of halogens is 3. The average molecular weight is 210 g/mol. The van der Waals surface area contributed by atoms with Gasteiger partial charge < -0.3 is 10.8 Å². The lowest BCUT2D eigenvalue weighted by atomic mass is 10.1. The molecule has 2 nitrogen and oxygen atoms in total. The number of rotatable bonds is 2. The van der Waals surface area contributed by atoms with Crippen molar-refractivity contribution in [2.24, 2.45) is 5.73 Å². The Balaban J connectivity index is 0.00000144. The maximum atomic E-state index is 12.9.